The topological polar surface area (TPSA) is 17.1 Å². The molecule has 1 rings (SSSR count). The summed E-state index contributed by atoms with van der Waals surface area (Å²) in [6, 6.07) is 5.05. The fourth-order valence-corrected chi connectivity index (χ4v) is 0.957. The van der Waals surface area contributed by atoms with Crippen LogP contribution in [0.15, 0.2) is 30.3 Å². The Morgan fingerprint density at radius 2 is 2.25 bits per heavy atom. The van der Waals surface area contributed by atoms with Crippen LogP contribution in [0.25, 0.3) is 6.08 Å². The lowest BCUT2D eigenvalue weighted by Crippen LogP contribution is -1.89. The Hall–Kier alpha value is -1.44. The minimum absolute atomic E-state index is 0.102. The minimum Gasteiger partial charge on any atom is -0.255 e. The minimum atomic E-state index is -1.39. The molecule has 0 aliphatic rings. The molecule has 0 saturated heterocycles. The molecule has 0 bridgehead atoms. The Labute approximate surface area is 70.5 Å². The maximum atomic E-state index is 12.2. The van der Waals surface area contributed by atoms with Crippen LogP contribution < -0.4 is 0 Å². The van der Waals surface area contributed by atoms with Crippen molar-refractivity contribution in [2.24, 2.45) is 0 Å². The molecule has 0 atom stereocenters. The third-order valence-corrected chi connectivity index (χ3v) is 1.47. The van der Waals surface area contributed by atoms with E-state index < -0.39 is 6.04 Å². The average Bonchev–Trinajstić information content (AvgIpc) is 2.05. The maximum absolute atomic E-state index is 12.2. The van der Waals surface area contributed by atoms with Crippen molar-refractivity contribution in [3.05, 3.63) is 41.5 Å². The van der Waals surface area contributed by atoms with Crippen molar-refractivity contribution < 1.29 is 9.18 Å². The van der Waals surface area contributed by atoms with Gasteiger partial charge in [0, 0.05) is 0 Å². The lowest BCUT2D eigenvalue weighted by Gasteiger charge is -1.94. The van der Waals surface area contributed by atoms with Gasteiger partial charge in [-0.05, 0) is 24.6 Å². The molecule has 62 valence electrons. The van der Waals surface area contributed by atoms with Crippen molar-refractivity contribution in [2.75, 3.05) is 0 Å². The highest BCUT2D eigenvalue weighted by Gasteiger charge is 2.01. The fraction of sp³-hybridized carbons (Fsp3) is 0.100. The molecule has 0 aliphatic heterocycles. The molecule has 0 N–H and O–H groups in total. The van der Waals surface area contributed by atoms with E-state index in [4.69, 9.17) is 0 Å². The van der Waals surface area contributed by atoms with Gasteiger partial charge >= 0.3 is 6.04 Å². The second-order valence-electron chi connectivity index (χ2n) is 2.40. The Morgan fingerprint density at radius 1 is 1.50 bits per heavy atom. The van der Waals surface area contributed by atoms with Gasteiger partial charge in [-0.25, -0.2) is 0 Å². The van der Waals surface area contributed by atoms with Gasteiger partial charge in [-0.1, -0.05) is 24.3 Å². The van der Waals surface area contributed by atoms with Gasteiger partial charge in [0.15, 0.2) is 0 Å². The van der Waals surface area contributed by atoms with Gasteiger partial charge in [0.25, 0.3) is 0 Å². The van der Waals surface area contributed by atoms with Gasteiger partial charge < -0.3 is 0 Å². The highest BCUT2D eigenvalue weighted by Crippen LogP contribution is 2.07. The van der Waals surface area contributed by atoms with E-state index in [2.05, 4.69) is 0 Å². The second kappa shape index (κ2) is 3.81. The van der Waals surface area contributed by atoms with Crippen LogP contribution in [0.5, 0.6) is 0 Å². The standard InChI is InChI=1S/C10H9FO/c1-2-4-8-5-3-6-9(7-8)10(11)12/h2-7H,1H3/b4-2+. The highest BCUT2D eigenvalue weighted by molar-refractivity contribution is 5.89. The molecule has 0 spiro atoms. The molecule has 2 heteroatoms. The number of rotatable bonds is 2. The van der Waals surface area contributed by atoms with Crippen LogP contribution in [0.4, 0.5) is 4.39 Å². The van der Waals surface area contributed by atoms with Gasteiger partial charge in [0.05, 0.1) is 5.56 Å². The first-order valence-corrected chi connectivity index (χ1v) is 3.66. The summed E-state index contributed by atoms with van der Waals surface area (Å²) in [6.07, 6.45) is 3.65. The zero-order valence-electron chi connectivity index (χ0n) is 6.75. The third-order valence-electron chi connectivity index (χ3n) is 1.47. The van der Waals surface area contributed by atoms with E-state index in [1.165, 1.54) is 12.1 Å². The van der Waals surface area contributed by atoms with Crippen molar-refractivity contribution in [3.63, 3.8) is 0 Å². The normalized spacial score (nSPS) is 10.5. The summed E-state index contributed by atoms with van der Waals surface area (Å²) >= 11 is 0. The van der Waals surface area contributed by atoms with E-state index in [9.17, 15) is 9.18 Å². The fourth-order valence-electron chi connectivity index (χ4n) is 0.957. The molecule has 1 aromatic carbocycles. The number of carbonyl (C=O) groups excluding carboxylic acids is 1. The average molecular weight is 164 g/mol. The molecule has 0 aliphatic carbocycles. The molecule has 0 aromatic heterocycles. The summed E-state index contributed by atoms with van der Waals surface area (Å²) in [5.74, 6) is 0. The quantitative estimate of drug-likeness (QED) is 0.614. The number of hydrogen-bond acceptors (Lipinski definition) is 1. The van der Waals surface area contributed by atoms with Gasteiger partial charge in [0.1, 0.15) is 0 Å². The molecule has 0 unspecified atom stereocenters. The second-order valence-corrected chi connectivity index (χ2v) is 2.40. The molecule has 0 heterocycles. The largest absolute Gasteiger partial charge is 0.332 e. The first-order valence-electron chi connectivity index (χ1n) is 3.66. The van der Waals surface area contributed by atoms with Crippen molar-refractivity contribution in [1.82, 2.24) is 0 Å². The zero-order valence-corrected chi connectivity index (χ0v) is 6.75. The molecule has 1 nitrogen and oxygen atoms in total. The van der Waals surface area contributed by atoms with Gasteiger partial charge in [-0.15, -0.1) is 0 Å². The Morgan fingerprint density at radius 3 is 2.83 bits per heavy atom. The predicted octanol–water partition coefficient (Wildman–Crippen LogP) is 2.83. The number of benzene rings is 1. The lowest BCUT2D eigenvalue weighted by atomic mass is 10.1. The SMILES string of the molecule is C/C=C/c1cccc(C(=O)F)c1. The van der Waals surface area contributed by atoms with Crippen LogP contribution in [0.3, 0.4) is 0 Å². The summed E-state index contributed by atoms with van der Waals surface area (Å²) in [4.78, 5) is 10.3. The Bertz CT molecular complexity index is 315. The smallest absolute Gasteiger partial charge is 0.255 e. The third kappa shape index (κ3) is 2.02. The molecule has 0 saturated carbocycles. The molecular weight excluding hydrogens is 155 g/mol. The molecule has 0 amide bonds. The number of halogens is 1. The van der Waals surface area contributed by atoms with Crippen LogP contribution in [0, 0.1) is 0 Å². The van der Waals surface area contributed by atoms with Crippen molar-refractivity contribution in [3.8, 4) is 0 Å². The van der Waals surface area contributed by atoms with Crippen molar-refractivity contribution in [1.29, 1.82) is 0 Å². The monoisotopic (exact) mass is 164 g/mol. The van der Waals surface area contributed by atoms with Crippen LogP contribution >= 0.6 is 0 Å². The molecular formula is C10H9FO. The Kier molecular flexibility index (Phi) is 2.75. The van der Waals surface area contributed by atoms with Crippen molar-refractivity contribution in [2.45, 2.75) is 6.92 Å². The zero-order chi connectivity index (χ0) is 8.97. The van der Waals surface area contributed by atoms with Crippen LogP contribution in [-0.4, -0.2) is 6.04 Å². The van der Waals surface area contributed by atoms with E-state index in [1.54, 1.807) is 6.07 Å². The molecule has 12 heavy (non-hydrogen) atoms. The van der Waals surface area contributed by atoms with Gasteiger partial charge in [-0.2, -0.15) is 4.39 Å². The number of carbonyl (C=O) groups is 1. The van der Waals surface area contributed by atoms with E-state index in [1.807, 2.05) is 25.1 Å². The van der Waals surface area contributed by atoms with Crippen LogP contribution in [0.2, 0.25) is 0 Å². The predicted molar refractivity (Wildman–Crippen MR) is 46.6 cm³/mol. The molecule has 0 radical (unpaired) electrons. The van der Waals surface area contributed by atoms with Gasteiger partial charge in [0.2, 0.25) is 0 Å². The summed E-state index contributed by atoms with van der Waals surface area (Å²) in [6.45, 7) is 1.87. The summed E-state index contributed by atoms with van der Waals surface area (Å²) in [7, 11) is 0. The van der Waals surface area contributed by atoms with Gasteiger partial charge in [-0.3, -0.25) is 4.79 Å². The molecule has 1 aromatic rings. The highest BCUT2D eigenvalue weighted by atomic mass is 19.1. The summed E-state index contributed by atoms with van der Waals surface area (Å²) in [5.41, 5.74) is 0.937. The lowest BCUT2D eigenvalue weighted by molar-refractivity contribution is 0.0836. The first kappa shape index (κ1) is 8.65. The van der Waals surface area contributed by atoms with E-state index >= 15 is 0 Å². The van der Waals surface area contributed by atoms with Crippen molar-refractivity contribution >= 4 is 12.1 Å². The Balaban J connectivity index is 3.03. The van der Waals surface area contributed by atoms with E-state index in [0.717, 1.165) is 5.56 Å². The van der Waals surface area contributed by atoms with E-state index in [0.29, 0.717) is 0 Å². The summed E-state index contributed by atoms with van der Waals surface area (Å²) in [5, 5.41) is 0. The number of allylic oxidation sites excluding steroid dienone is 1. The first-order chi connectivity index (χ1) is 5.74. The van der Waals surface area contributed by atoms with Crippen LogP contribution in [0.1, 0.15) is 22.8 Å². The number of hydrogen-bond donors (Lipinski definition) is 0. The molecule has 0 fully saturated rings. The summed E-state index contributed by atoms with van der Waals surface area (Å²) < 4.78 is 12.2. The van der Waals surface area contributed by atoms with E-state index in [-0.39, 0.29) is 5.56 Å². The maximum Gasteiger partial charge on any atom is 0.332 e. The van der Waals surface area contributed by atoms with Crippen LogP contribution in [-0.2, 0) is 0 Å².